The van der Waals surface area contributed by atoms with Gasteiger partial charge < -0.3 is 19.4 Å². The Labute approximate surface area is 187 Å². The maximum atomic E-state index is 13.4. The van der Waals surface area contributed by atoms with E-state index in [1.165, 1.54) is 18.6 Å². The molecule has 0 unspecified atom stereocenters. The van der Waals surface area contributed by atoms with Crippen LogP contribution in [0.5, 0.6) is 0 Å². The zero-order valence-corrected chi connectivity index (χ0v) is 18.4. The number of ether oxygens (including phenoxy) is 1. The number of nitro benzene ring substituents is 1. The third-order valence-electron chi connectivity index (χ3n) is 6.50. The van der Waals surface area contributed by atoms with Crippen LogP contribution in [-0.4, -0.2) is 104 Å². The van der Waals surface area contributed by atoms with Gasteiger partial charge in [0.25, 0.3) is 11.6 Å². The summed E-state index contributed by atoms with van der Waals surface area (Å²) in [6.07, 6.45) is 3.33. The molecule has 10 heteroatoms. The summed E-state index contributed by atoms with van der Waals surface area (Å²) in [5, 5.41) is 11.3. The zero-order valence-electron chi connectivity index (χ0n) is 18.4. The number of rotatable bonds is 5. The fraction of sp³-hybridized carbons (Fsp3) is 0.636. The van der Waals surface area contributed by atoms with Crippen LogP contribution in [0.3, 0.4) is 0 Å². The quantitative estimate of drug-likeness (QED) is 0.496. The summed E-state index contributed by atoms with van der Waals surface area (Å²) in [6.45, 7) is 6.72. The number of non-ortho nitro benzene ring substituents is 1. The molecule has 1 aromatic rings. The first-order chi connectivity index (χ1) is 15.5. The van der Waals surface area contributed by atoms with E-state index in [1.54, 1.807) is 11.0 Å². The summed E-state index contributed by atoms with van der Waals surface area (Å²) in [5.74, 6) is -0.0324. The number of hydrogen-bond acceptors (Lipinski definition) is 7. The van der Waals surface area contributed by atoms with Crippen LogP contribution in [0.2, 0.25) is 0 Å². The van der Waals surface area contributed by atoms with Gasteiger partial charge in [-0.15, -0.1) is 0 Å². The molecule has 174 valence electrons. The molecule has 3 saturated heterocycles. The third kappa shape index (κ3) is 5.18. The van der Waals surface area contributed by atoms with Gasteiger partial charge in [0, 0.05) is 64.5 Å². The number of piperazine rings is 1. The van der Waals surface area contributed by atoms with Gasteiger partial charge in [-0.2, -0.15) is 0 Å². The van der Waals surface area contributed by atoms with Crippen molar-refractivity contribution in [2.45, 2.75) is 19.3 Å². The fourth-order valence-corrected chi connectivity index (χ4v) is 4.60. The monoisotopic (exact) mass is 445 g/mol. The number of benzene rings is 1. The second-order valence-corrected chi connectivity index (χ2v) is 8.57. The lowest BCUT2D eigenvalue weighted by Gasteiger charge is -2.37. The molecular formula is C22H31N5O5. The fourth-order valence-electron chi connectivity index (χ4n) is 4.60. The Balaban J connectivity index is 1.41. The van der Waals surface area contributed by atoms with Gasteiger partial charge in [0.15, 0.2) is 0 Å². The molecule has 0 spiro atoms. The van der Waals surface area contributed by atoms with Crippen molar-refractivity contribution >= 4 is 23.2 Å². The smallest absolute Gasteiger partial charge is 0.270 e. The van der Waals surface area contributed by atoms with E-state index in [0.29, 0.717) is 70.3 Å². The summed E-state index contributed by atoms with van der Waals surface area (Å²) in [7, 11) is 0. The largest absolute Gasteiger partial charge is 0.378 e. The second kappa shape index (κ2) is 10.3. The SMILES string of the molecule is O=C(CN1CCN(C(=O)c2cc([N+](=O)[O-])ccc2N2CCOCC2)CC1)N1CCCCC1. The highest BCUT2D eigenvalue weighted by atomic mass is 16.6. The van der Waals surface area contributed by atoms with Crippen LogP contribution in [-0.2, 0) is 9.53 Å². The molecule has 0 saturated carbocycles. The predicted octanol–water partition coefficient (Wildman–Crippen LogP) is 1.20. The number of nitro groups is 1. The molecule has 3 aliphatic rings. The molecule has 0 aliphatic carbocycles. The molecule has 0 N–H and O–H groups in total. The summed E-state index contributed by atoms with van der Waals surface area (Å²) >= 11 is 0. The van der Waals surface area contributed by atoms with Gasteiger partial charge in [-0.1, -0.05) is 0 Å². The molecule has 0 radical (unpaired) electrons. The number of amides is 2. The Bertz CT molecular complexity index is 843. The van der Waals surface area contributed by atoms with Gasteiger partial charge in [0.1, 0.15) is 0 Å². The van der Waals surface area contributed by atoms with E-state index >= 15 is 0 Å². The van der Waals surface area contributed by atoms with Crippen LogP contribution in [0.4, 0.5) is 11.4 Å². The number of carbonyl (C=O) groups is 2. The average Bonchev–Trinajstić information content (AvgIpc) is 2.84. The molecule has 1 aromatic carbocycles. The van der Waals surface area contributed by atoms with E-state index < -0.39 is 4.92 Å². The first-order valence-electron chi connectivity index (χ1n) is 11.4. The van der Waals surface area contributed by atoms with Crippen molar-refractivity contribution in [2.75, 3.05) is 77.0 Å². The van der Waals surface area contributed by atoms with Crippen molar-refractivity contribution in [3.8, 4) is 0 Å². The minimum atomic E-state index is -0.468. The first-order valence-corrected chi connectivity index (χ1v) is 11.4. The van der Waals surface area contributed by atoms with Gasteiger partial charge in [-0.25, -0.2) is 0 Å². The summed E-state index contributed by atoms with van der Waals surface area (Å²) < 4.78 is 5.41. The van der Waals surface area contributed by atoms with Gasteiger partial charge in [0.05, 0.1) is 35.9 Å². The van der Waals surface area contributed by atoms with E-state index in [-0.39, 0.29) is 17.5 Å². The van der Waals surface area contributed by atoms with Gasteiger partial charge in [-0.05, 0) is 25.3 Å². The lowest BCUT2D eigenvalue weighted by molar-refractivity contribution is -0.384. The van der Waals surface area contributed by atoms with E-state index in [2.05, 4.69) is 4.90 Å². The highest BCUT2D eigenvalue weighted by Gasteiger charge is 2.29. The van der Waals surface area contributed by atoms with Gasteiger partial charge in [0.2, 0.25) is 5.91 Å². The van der Waals surface area contributed by atoms with Crippen LogP contribution in [0.1, 0.15) is 29.6 Å². The molecule has 32 heavy (non-hydrogen) atoms. The van der Waals surface area contributed by atoms with Crippen LogP contribution in [0.25, 0.3) is 0 Å². The second-order valence-electron chi connectivity index (χ2n) is 8.57. The highest BCUT2D eigenvalue weighted by molar-refractivity contribution is 6.00. The maximum Gasteiger partial charge on any atom is 0.270 e. The molecule has 4 rings (SSSR count). The van der Waals surface area contributed by atoms with Crippen molar-refractivity contribution in [2.24, 2.45) is 0 Å². The highest BCUT2D eigenvalue weighted by Crippen LogP contribution is 2.28. The standard InChI is InChI=1S/C22H31N5O5/c28-21(25-6-2-1-3-7-25)17-23-8-10-26(11-9-23)22(29)19-16-18(27(30)31)4-5-20(19)24-12-14-32-15-13-24/h4-5,16H,1-3,6-15,17H2. The Morgan fingerprint density at radius 3 is 2.25 bits per heavy atom. The topological polar surface area (TPSA) is 99.5 Å². The Morgan fingerprint density at radius 2 is 1.59 bits per heavy atom. The molecule has 3 fully saturated rings. The van der Waals surface area contributed by atoms with Crippen LogP contribution in [0, 0.1) is 10.1 Å². The van der Waals surface area contributed by atoms with E-state index in [1.807, 2.05) is 9.80 Å². The molecule has 0 bridgehead atoms. The zero-order chi connectivity index (χ0) is 22.5. The Hall–Kier alpha value is -2.72. The van der Waals surface area contributed by atoms with Crippen LogP contribution in [0.15, 0.2) is 18.2 Å². The van der Waals surface area contributed by atoms with Crippen molar-refractivity contribution in [3.05, 3.63) is 33.9 Å². The Kier molecular flexibility index (Phi) is 7.21. The molecule has 2 amide bonds. The Morgan fingerprint density at radius 1 is 0.906 bits per heavy atom. The lowest BCUT2D eigenvalue weighted by Crippen LogP contribution is -2.52. The van der Waals surface area contributed by atoms with Gasteiger partial charge in [-0.3, -0.25) is 24.6 Å². The van der Waals surface area contributed by atoms with E-state index in [0.717, 1.165) is 25.9 Å². The average molecular weight is 446 g/mol. The van der Waals surface area contributed by atoms with Crippen molar-refractivity contribution < 1.29 is 19.2 Å². The van der Waals surface area contributed by atoms with Crippen molar-refractivity contribution in [3.63, 3.8) is 0 Å². The number of nitrogens with zero attached hydrogens (tertiary/aromatic N) is 5. The number of anilines is 1. The summed E-state index contributed by atoms with van der Waals surface area (Å²) in [4.78, 5) is 44.6. The third-order valence-corrected chi connectivity index (χ3v) is 6.50. The molecule has 3 heterocycles. The minimum absolute atomic E-state index is 0.0869. The number of piperidine rings is 1. The number of likely N-dealkylation sites (tertiary alicyclic amines) is 1. The van der Waals surface area contributed by atoms with Crippen molar-refractivity contribution in [1.82, 2.24) is 14.7 Å². The number of carbonyl (C=O) groups excluding carboxylic acids is 2. The molecule has 0 atom stereocenters. The molecule has 10 nitrogen and oxygen atoms in total. The number of hydrogen-bond donors (Lipinski definition) is 0. The van der Waals surface area contributed by atoms with E-state index in [9.17, 15) is 19.7 Å². The summed E-state index contributed by atoms with van der Waals surface area (Å²) in [5.41, 5.74) is 0.988. The number of morpholine rings is 1. The van der Waals surface area contributed by atoms with E-state index in [4.69, 9.17) is 4.74 Å². The summed E-state index contributed by atoms with van der Waals surface area (Å²) in [6, 6.07) is 4.51. The normalized spacial score (nSPS) is 20.3. The van der Waals surface area contributed by atoms with Crippen LogP contribution >= 0.6 is 0 Å². The molecular weight excluding hydrogens is 414 g/mol. The lowest BCUT2D eigenvalue weighted by atomic mass is 10.1. The van der Waals surface area contributed by atoms with Crippen molar-refractivity contribution in [1.29, 1.82) is 0 Å². The molecule has 3 aliphatic heterocycles. The maximum absolute atomic E-state index is 13.4. The first kappa shape index (κ1) is 22.5. The predicted molar refractivity (Wildman–Crippen MR) is 119 cm³/mol. The van der Waals surface area contributed by atoms with Crippen LogP contribution < -0.4 is 4.90 Å². The van der Waals surface area contributed by atoms with Gasteiger partial charge >= 0.3 is 0 Å². The molecule has 0 aromatic heterocycles. The minimum Gasteiger partial charge on any atom is -0.378 e.